The Morgan fingerprint density at radius 3 is 2.63 bits per heavy atom. The number of carbonyl (C=O) groups is 2. The van der Waals surface area contributed by atoms with E-state index in [2.05, 4.69) is 20.6 Å². The Morgan fingerprint density at radius 1 is 1.04 bits per heavy atom. The lowest BCUT2D eigenvalue weighted by Crippen LogP contribution is -2.14. The number of carbonyl (C=O) groups excluding carboxylic acids is 2. The number of halogens is 1. The molecule has 2 aromatic carbocycles. The smallest absolute Gasteiger partial charge is 0.337 e. The lowest BCUT2D eigenvalue weighted by atomic mass is 10.2. The van der Waals surface area contributed by atoms with Crippen molar-refractivity contribution in [3.05, 3.63) is 77.2 Å². The summed E-state index contributed by atoms with van der Waals surface area (Å²) in [6.07, 6.45) is 1.27. The van der Waals surface area contributed by atoms with E-state index in [0.717, 1.165) is 0 Å². The highest BCUT2D eigenvalue weighted by molar-refractivity contribution is 6.33. The average Bonchev–Trinajstić information content (AvgIpc) is 2.69. The maximum Gasteiger partial charge on any atom is 0.337 e. The number of nitrogens with one attached hydrogen (secondary N) is 2. The predicted octanol–water partition coefficient (Wildman–Crippen LogP) is 3.91. The lowest BCUT2D eigenvalue weighted by molar-refractivity contribution is 0.0600. The van der Waals surface area contributed by atoms with Crippen molar-refractivity contribution >= 4 is 40.7 Å². The van der Waals surface area contributed by atoms with Gasteiger partial charge in [-0.05, 0) is 30.3 Å². The van der Waals surface area contributed by atoms with E-state index in [9.17, 15) is 9.59 Å². The number of aromatic nitrogens is 2. The average molecular weight is 383 g/mol. The van der Waals surface area contributed by atoms with Crippen molar-refractivity contribution in [3.63, 3.8) is 0 Å². The third-order valence-electron chi connectivity index (χ3n) is 3.58. The van der Waals surface area contributed by atoms with Crippen LogP contribution in [-0.2, 0) is 4.74 Å². The van der Waals surface area contributed by atoms with Crippen LogP contribution in [0.2, 0.25) is 5.02 Å². The zero-order valence-corrected chi connectivity index (χ0v) is 15.0. The van der Waals surface area contributed by atoms with E-state index in [-0.39, 0.29) is 5.69 Å². The topological polar surface area (TPSA) is 93.2 Å². The van der Waals surface area contributed by atoms with Gasteiger partial charge in [-0.25, -0.2) is 14.8 Å². The second kappa shape index (κ2) is 8.29. The van der Waals surface area contributed by atoms with Gasteiger partial charge < -0.3 is 15.4 Å². The van der Waals surface area contributed by atoms with E-state index >= 15 is 0 Å². The van der Waals surface area contributed by atoms with Gasteiger partial charge in [-0.2, -0.15) is 0 Å². The Morgan fingerprint density at radius 2 is 1.85 bits per heavy atom. The standard InChI is InChI=1S/C19H15ClN4O3/c1-27-19(26)12-5-4-6-13(9-12)23-17-10-16(21-11-22-17)18(25)24-15-8-3-2-7-14(15)20/h2-11H,1H3,(H,24,25)(H,21,22,23). The number of hydrogen-bond donors (Lipinski definition) is 2. The fourth-order valence-electron chi connectivity index (χ4n) is 2.29. The van der Waals surface area contributed by atoms with Gasteiger partial charge in [-0.1, -0.05) is 29.8 Å². The molecular weight excluding hydrogens is 368 g/mol. The number of nitrogens with zero attached hydrogens (tertiary/aromatic N) is 2. The first-order valence-corrected chi connectivity index (χ1v) is 8.28. The Bertz CT molecular complexity index is 994. The van der Waals surface area contributed by atoms with Gasteiger partial charge in [0.05, 0.1) is 23.4 Å². The minimum Gasteiger partial charge on any atom is -0.465 e. The normalized spacial score (nSPS) is 10.1. The lowest BCUT2D eigenvalue weighted by Gasteiger charge is -2.09. The number of amides is 1. The van der Waals surface area contributed by atoms with Crippen molar-refractivity contribution in [2.75, 3.05) is 17.7 Å². The summed E-state index contributed by atoms with van der Waals surface area (Å²) in [6.45, 7) is 0. The molecule has 7 nitrogen and oxygen atoms in total. The van der Waals surface area contributed by atoms with Gasteiger partial charge in [-0.3, -0.25) is 4.79 Å². The highest BCUT2D eigenvalue weighted by Crippen LogP contribution is 2.21. The van der Waals surface area contributed by atoms with Gasteiger partial charge in [-0.15, -0.1) is 0 Å². The molecule has 1 amide bonds. The molecule has 0 aliphatic rings. The molecule has 0 saturated heterocycles. The zero-order valence-electron chi connectivity index (χ0n) is 14.3. The second-order valence-electron chi connectivity index (χ2n) is 5.42. The summed E-state index contributed by atoms with van der Waals surface area (Å²) in [5.41, 5.74) is 1.67. The molecular formula is C19H15ClN4O3. The van der Waals surface area contributed by atoms with E-state index in [4.69, 9.17) is 16.3 Å². The van der Waals surface area contributed by atoms with E-state index < -0.39 is 11.9 Å². The minimum atomic E-state index is -0.443. The molecule has 1 aromatic heterocycles. The third-order valence-corrected chi connectivity index (χ3v) is 3.91. The second-order valence-corrected chi connectivity index (χ2v) is 5.83. The van der Waals surface area contributed by atoms with Crippen LogP contribution >= 0.6 is 11.6 Å². The highest BCUT2D eigenvalue weighted by Gasteiger charge is 2.12. The molecule has 0 unspecified atom stereocenters. The van der Waals surface area contributed by atoms with Crippen molar-refractivity contribution in [1.82, 2.24) is 9.97 Å². The molecule has 0 aliphatic carbocycles. The van der Waals surface area contributed by atoms with E-state index in [1.807, 2.05) is 0 Å². The molecule has 1 heterocycles. The Labute approximate surface area is 160 Å². The number of benzene rings is 2. The predicted molar refractivity (Wildman–Crippen MR) is 103 cm³/mol. The Balaban J connectivity index is 1.77. The van der Waals surface area contributed by atoms with E-state index in [1.165, 1.54) is 19.5 Å². The molecule has 136 valence electrons. The number of anilines is 3. The van der Waals surface area contributed by atoms with Crippen LogP contribution in [0.25, 0.3) is 0 Å². The van der Waals surface area contributed by atoms with Crippen molar-refractivity contribution in [3.8, 4) is 0 Å². The molecule has 0 spiro atoms. The molecule has 3 rings (SSSR count). The summed E-state index contributed by atoms with van der Waals surface area (Å²) in [4.78, 5) is 32.1. The Hall–Kier alpha value is -3.45. The molecule has 0 aliphatic heterocycles. The van der Waals surface area contributed by atoms with Crippen LogP contribution in [0, 0.1) is 0 Å². The quantitative estimate of drug-likeness (QED) is 0.650. The first-order chi connectivity index (χ1) is 13.1. The number of ether oxygens (including phenoxy) is 1. The van der Waals surface area contributed by atoms with Gasteiger partial charge in [0.15, 0.2) is 0 Å². The van der Waals surface area contributed by atoms with Crippen LogP contribution in [0.15, 0.2) is 60.9 Å². The van der Waals surface area contributed by atoms with Crippen LogP contribution in [0.3, 0.4) is 0 Å². The summed E-state index contributed by atoms with van der Waals surface area (Å²) >= 11 is 6.05. The van der Waals surface area contributed by atoms with Crippen molar-refractivity contribution in [2.24, 2.45) is 0 Å². The summed E-state index contributed by atoms with van der Waals surface area (Å²) in [6, 6.07) is 15.1. The van der Waals surface area contributed by atoms with E-state index in [0.29, 0.717) is 27.8 Å². The molecule has 27 heavy (non-hydrogen) atoms. The molecule has 0 radical (unpaired) electrons. The maximum absolute atomic E-state index is 12.4. The summed E-state index contributed by atoms with van der Waals surface area (Å²) < 4.78 is 4.70. The third kappa shape index (κ3) is 4.59. The number of methoxy groups -OCH3 is 1. The van der Waals surface area contributed by atoms with Gasteiger partial charge in [0.2, 0.25) is 0 Å². The minimum absolute atomic E-state index is 0.163. The van der Waals surface area contributed by atoms with Crippen LogP contribution in [0.5, 0.6) is 0 Å². The highest BCUT2D eigenvalue weighted by atomic mass is 35.5. The molecule has 0 fully saturated rings. The molecule has 0 atom stereocenters. The Kier molecular flexibility index (Phi) is 5.63. The fourth-order valence-corrected chi connectivity index (χ4v) is 2.47. The van der Waals surface area contributed by atoms with E-state index in [1.54, 1.807) is 48.5 Å². The summed E-state index contributed by atoms with van der Waals surface area (Å²) in [5.74, 6) is -0.464. The molecule has 2 N–H and O–H groups in total. The number of rotatable bonds is 5. The van der Waals surface area contributed by atoms with Gasteiger partial charge in [0.1, 0.15) is 17.8 Å². The first-order valence-electron chi connectivity index (χ1n) is 7.90. The van der Waals surface area contributed by atoms with Crippen LogP contribution in [0.4, 0.5) is 17.2 Å². The van der Waals surface area contributed by atoms with Crippen LogP contribution in [0.1, 0.15) is 20.8 Å². The first kappa shape index (κ1) is 18.3. The van der Waals surface area contributed by atoms with Crippen LogP contribution < -0.4 is 10.6 Å². The van der Waals surface area contributed by atoms with Gasteiger partial charge in [0, 0.05) is 11.8 Å². The summed E-state index contributed by atoms with van der Waals surface area (Å²) in [7, 11) is 1.32. The van der Waals surface area contributed by atoms with Crippen molar-refractivity contribution < 1.29 is 14.3 Å². The SMILES string of the molecule is COC(=O)c1cccc(Nc2cc(C(=O)Nc3ccccc3Cl)ncn2)c1. The molecule has 3 aromatic rings. The molecule has 8 heteroatoms. The fraction of sp³-hybridized carbons (Fsp3) is 0.0526. The monoisotopic (exact) mass is 382 g/mol. The number of para-hydroxylation sites is 1. The van der Waals surface area contributed by atoms with Crippen LogP contribution in [-0.4, -0.2) is 29.0 Å². The van der Waals surface area contributed by atoms with Gasteiger partial charge in [0.25, 0.3) is 5.91 Å². The van der Waals surface area contributed by atoms with Crippen molar-refractivity contribution in [2.45, 2.75) is 0 Å². The van der Waals surface area contributed by atoms with Gasteiger partial charge >= 0.3 is 5.97 Å². The van der Waals surface area contributed by atoms with Crippen molar-refractivity contribution in [1.29, 1.82) is 0 Å². The summed E-state index contributed by atoms with van der Waals surface area (Å²) in [5, 5.41) is 6.16. The molecule has 0 bridgehead atoms. The number of hydrogen-bond acceptors (Lipinski definition) is 6. The molecule has 0 saturated carbocycles. The maximum atomic E-state index is 12.4. The largest absolute Gasteiger partial charge is 0.465 e. The number of esters is 1. The zero-order chi connectivity index (χ0) is 19.2.